The number of unbranched alkanes of at least 4 members (excludes halogenated alkanes) is 5. The number of hydrogen-bond acceptors (Lipinski definition) is 4. The number of urea groups is 1. The Morgan fingerprint density at radius 3 is 1.97 bits per heavy atom. The van der Waals surface area contributed by atoms with Crippen LogP contribution in [-0.2, 0) is 4.74 Å². The standard InChI is InChI=1S/C32H48N4O3/c1-5-6-7-8-9-16-21-33-30(37)34-28(26-17-12-10-13-18-26)29(27-19-14-11-15-20-27)35-22-24-36(25-23-35)31(38)39-32(2,3)4/h10-15,17-20,28-29H,5-9,16,21-25H2,1-4H3,(H2,33,34,37). The third-order valence-corrected chi connectivity index (χ3v) is 7.08. The Balaban J connectivity index is 1.73. The van der Waals surface area contributed by atoms with Gasteiger partial charge in [-0.05, 0) is 38.3 Å². The van der Waals surface area contributed by atoms with E-state index in [-0.39, 0.29) is 24.2 Å². The van der Waals surface area contributed by atoms with Gasteiger partial charge in [-0.15, -0.1) is 0 Å². The lowest BCUT2D eigenvalue weighted by Gasteiger charge is -2.43. The molecule has 1 aliphatic heterocycles. The second-order valence-corrected chi connectivity index (χ2v) is 11.4. The Labute approximate surface area is 235 Å². The molecule has 3 amide bonds. The number of rotatable bonds is 12. The van der Waals surface area contributed by atoms with Crippen molar-refractivity contribution in [2.75, 3.05) is 32.7 Å². The summed E-state index contributed by atoms with van der Waals surface area (Å²) in [7, 11) is 0. The number of carbonyl (C=O) groups excluding carboxylic acids is 2. The van der Waals surface area contributed by atoms with Crippen LogP contribution in [0.1, 0.15) is 89.4 Å². The minimum atomic E-state index is -0.522. The van der Waals surface area contributed by atoms with E-state index in [1.54, 1.807) is 4.90 Å². The Morgan fingerprint density at radius 2 is 1.38 bits per heavy atom. The van der Waals surface area contributed by atoms with Crippen molar-refractivity contribution < 1.29 is 14.3 Å². The summed E-state index contributed by atoms with van der Waals surface area (Å²) in [5.74, 6) is 0. The molecule has 1 fully saturated rings. The normalized spacial score (nSPS) is 15.8. The van der Waals surface area contributed by atoms with Crippen molar-refractivity contribution in [2.45, 2.75) is 83.9 Å². The summed E-state index contributed by atoms with van der Waals surface area (Å²) >= 11 is 0. The van der Waals surface area contributed by atoms with Gasteiger partial charge in [-0.25, -0.2) is 9.59 Å². The highest BCUT2D eigenvalue weighted by atomic mass is 16.6. The maximum absolute atomic E-state index is 13.1. The Morgan fingerprint density at radius 1 is 0.821 bits per heavy atom. The van der Waals surface area contributed by atoms with Gasteiger partial charge in [0.25, 0.3) is 0 Å². The monoisotopic (exact) mass is 536 g/mol. The van der Waals surface area contributed by atoms with Gasteiger partial charge >= 0.3 is 12.1 Å². The number of amides is 3. The Hall–Kier alpha value is -3.06. The van der Waals surface area contributed by atoms with E-state index in [4.69, 9.17) is 4.74 Å². The van der Waals surface area contributed by atoms with Crippen LogP contribution in [0.2, 0.25) is 0 Å². The zero-order valence-electron chi connectivity index (χ0n) is 24.3. The maximum atomic E-state index is 13.1. The molecule has 0 radical (unpaired) electrons. The van der Waals surface area contributed by atoms with Gasteiger partial charge in [0.15, 0.2) is 0 Å². The molecule has 3 rings (SSSR count). The van der Waals surface area contributed by atoms with Gasteiger partial charge in [0.2, 0.25) is 0 Å². The van der Waals surface area contributed by atoms with Crippen LogP contribution in [0.15, 0.2) is 60.7 Å². The SMILES string of the molecule is CCCCCCCCNC(=O)NC(c1ccccc1)C(c1ccccc1)N1CCN(C(=O)OC(C)(C)C)CC1. The molecule has 2 unspecified atom stereocenters. The molecule has 7 heteroatoms. The van der Waals surface area contributed by atoms with E-state index in [1.165, 1.54) is 25.7 Å². The number of nitrogens with one attached hydrogen (secondary N) is 2. The van der Waals surface area contributed by atoms with E-state index >= 15 is 0 Å². The molecule has 39 heavy (non-hydrogen) atoms. The van der Waals surface area contributed by atoms with E-state index in [1.807, 2.05) is 57.2 Å². The maximum Gasteiger partial charge on any atom is 0.410 e. The topological polar surface area (TPSA) is 73.9 Å². The molecule has 2 N–H and O–H groups in total. The van der Waals surface area contributed by atoms with Crippen LogP contribution >= 0.6 is 0 Å². The lowest BCUT2D eigenvalue weighted by molar-refractivity contribution is 0.00814. The summed E-state index contributed by atoms with van der Waals surface area (Å²) in [6.45, 7) is 11.1. The lowest BCUT2D eigenvalue weighted by atomic mass is 9.91. The number of nitrogens with zero attached hydrogens (tertiary/aromatic N) is 2. The van der Waals surface area contributed by atoms with Gasteiger partial charge < -0.3 is 20.3 Å². The molecule has 2 aromatic carbocycles. The summed E-state index contributed by atoms with van der Waals surface area (Å²) in [6, 6.07) is 20.0. The van der Waals surface area contributed by atoms with Gasteiger partial charge in [-0.1, -0.05) is 99.7 Å². The third kappa shape index (κ3) is 10.2. The van der Waals surface area contributed by atoms with E-state index in [2.05, 4.69) is 46.7 Å². The van der Waals surface area contributed by atoms with Crippen molar-refractivity contribution in [1.82, 2.24) is 20.4 Å². The first-order valence-electron chi connectivity index (χ1n) is 14.6. The highest BCUT2D eigenvalue weighted by molar-refractivity contribution is 5.74. The fourth-order valence-corrected chi connectivity index (χ4v) is 5.08. The Kier molecular flexibility index (Phi) is 12.1. The van der Waals surface area contributed by atoms with Crippen LogP contribution in [0, 0.1) is 0 Å². The van der Waals surface area contributed by atoms with E-state index in [0.29, 0.717) is 32.7 Å². The van der Waals surface area contributed by atoms with E-state index in [0.717, 1.165) is 24.0 Å². The second kappa shape index (κ2) is 15.5. The van der Waals surface area contributed by atoms with Gasteiger partial charge in [-0.3, -0.25) is 4.90 Å². The van der Waals surface area contributed by atoms with Crippen LogP contribution in [0.3, 0.4) is 0 Å². The van der Waals surface area contributed by atoms with Crippen LogP contribution in [-0.4, -0.2) is 60.2 Å². The molecule has 1 aliphatic rings. The van der Waals surface area contributed by atoms with Gasteiger partial charge in [0.05, 0.1) is 12.1 Å². The van der Waals surface area contributed by atoms with E-state index < -0.39 is 5.60 Å². The predicted molar refractivity (Wildman–Crippen MR) is 158 cm³/mol. The van der Waals surface area contributed by atoms with Crippen LogP contribution in [0.5, 0.6) is 0 Å². The summed E-state index contributed by atoms with van der Waals surface area (Å²) < 4.78 is 5.60. The number of ether oxygens (including phenoxy) is 1. The molecule has 1 heterocycles. The second-order valence-electron chi connectivity index (χ2n) is 11.4. The van der Waals surface area contributed by atoms with Crippen LogP contribution in [0.4, 0.5) is 9.59 Å². The van der Waals surface area contributed by atoms with Crippen molar-refractivity contribution >= 4 is 12.1 Å². The average Bonchev–Trinajstić information content (AvgIpc) is 2.93. The highest BCUT2D eigenvalue weighted by Gasteiger charge is 2.35. The van der Waals surface area contributed by atoms with Gasteiger partial charge in [-0.2, -0.15) is 0 Å². The van der Waals surface area contributed by atoms with Crippen LogP contribution in [0.25, 0.3) is 0 Å². The first kappa shape index (κ1) is 30.5. The molecule has 0 aliphatic carbocycles. The van der Waals surface area contributed by atoms with Crippen molar-refractivity contribution in [2.24, 2.45) is 0 Å². The molecule has 2 atom stereocenters. The smallest absolute Gasteiger partial charge is 0.410 e. The molecule has 0 spiro atoms. The molecule has 0 aromatic heterocycles. The van der Waals surface area contributed by atoms with Crippen molar-refractivity contribution in [3.63, 3.8) is 0 Å². The van der Waals surface area contributed by atoms with Gasteiger partial charge in [0, 0.05) is 32.7 Å². The predicted octanol–water partition coefficient (Wildman–Crippen LogP) is 6.68. The summed E-state index contributed by atoms with van der Waals surface area (Å²) in [5, 5.41) is 6.40. The molecular formula is C32H48N4O3. The summed E-state index contributed by atoms with van der Waals surface area (Å²) in [5.41, 5.74) is 1.66. The first-order valence-corrected chi connectivity index (χ1v) is 14.6. The van der Waals surface area contributed by atoms with Crippen molar-refractivity contribution in [1.29, 1.82) is 0 Å². The Bertz CT molecular complexity index is 985. The quantitative estimate of drug-likeness (QED) is 0.297. The molecule has 1 saturated heterocycles. The highest BCUT2D eigenvalue weighted by Crippen LogP contribution is 2.35. The fraction of sp³-hybridized carbons (Fsp3) is 0.562. The van der Waals surface area contributed by atoms with Crippen molar-refractivity contribution in [3.8, 4) is 0 Å². The average molecular weight is 537 g/mol. The molecule has 0 bridgehead atoms. The minimum absolute atomic E-state index is 0.0887. The molecule has 7 nitrogen and oxygen atoms in total. The summed E-state index contributed by atoms with van der Waals surface area (Å²) in [6.07, 6.45) is 6.84. The molecule has 2 aromatic rings. The number of benzene rings is 2. The first-order chi connectivity index (χ1) is 18.8. The number of piperazine rings is 1. The molecular weight excluding hydrogens is 488 g/mol. The third-order valence-electron chi connectivity index (χ3n) is 7.08. The lowest BCUT2D eigenvalue weighted by Crippen LogP contribution is -2.53. The van der Waals surface area contributed by atoms with Crippen molar-refractivity contribution in [3.05, 3.63) is 71.8 Å². The number of carbonyl (C=O) groups is 2. The largest absolute Gasteiger partial charge is 0.444 e. The van der Waals surface area contributed by atoms with E-state index in [9.17, 15) is 9.59 Å². The van der Waals surface area contributed by atoms with Gasteiger partial charge in [0.1, 0.15) is 5.60 Å². The summed E-state index contributed by atoms with van der Waals surface area (Å²) in [4.78, 5) is 30.0. The van der Waals surface area contributed by atoms with Crippen LogP contribution < -0.4 is 10.6 Å². The molecule has 214 valence electrons. The minimum Gasteiger partial charge on any atom is -0.444 e. The molecule has 0 saturated carbocycles. The zero-order chi connectivity index (χ0) is 28.1. The zero-order valence-corrected chi connectivity index (χ0v) is 24.3. The number of hydrogen-bond donors (Lipinski definition) is 2. The fourth-order valence-electron chi connectivity index (χ4n) is 5.08.